The van der Waals surface area contributed by atoms with E-state index in [1.54, 1.807) is 0 Å². The van der Waals surface area contributed by atoms with E-state index >= 15 is 0 Å². The molecule has 0 amide bonds. The Bertz CT molecular complexity index is 1170. The van der Waals surface area contributed by atoms with Crippen molar-refractivity contribution in [3.8, 4) is 11.1 Å². The maximum atomic E-state index is 5.83. The van der Waals surface area contributed by atoms with Gasteiger partial charge in [-0.1, -0.05) is 30.4 Å². The average molecular weight is 492 g/mol. The molecule has 5 nitrogen and oxygen atoms in total. The number of hydrogen-bond acceptors (Lipinski definition) is 4. The number of nitrogens with zero attached hydrogens (tertiary/aromatic N) is 1. The van der Waals surface area contributed by atoms with Gasteiger partial charge in [-0.05, 0) is 95.1 Å². The maximum absolute atomic E-state index is 5.83. The molecule has 0 saturated carbocycles. The second-order valence-corrected chi connectivity index (χ2v) is 13.1. The van der Waals surface area contributed by atoms with Crippen LogP contribution in [-0.2, 0) is 0 Å². The van der Waals surface area contributed by atoms with Crippen LogP contribution in [0.2, 0.25) is 0 Å². The molecule has 7 heteroatoms. The van der Waals surface area contributed by atoms with E-state index in [0.717, 1.165) is 34.3 Å². The summed E-state index contributed by atoms with van der Waals surface area (Å²) in [6.45, 7) is 13.4. The summed E-state index contributed by atoms with van der Waals surface area (Å²) in [5.74, 6) is 0.203. The van der Waals surface area contributed by atoms with Crippen LogP contribution in [0.4, 0.5) is 17.1 Å². The molecule has 34 heavy (non-hydrogen) atoms. The normalized spacial score (nSPS) is 31.8. The van der Waals surface area contributed by atoms with Gasteiger partial charge in [-0.15, -0.1) is 0 Å². The van der Waals surface area contributed by atoms with Crippen LogP contribution in [0.1, 0.15) is 65.9 Å². The van der Waals surface area contributed by atoms with Gasteiger partial charge in [-0.2, -0.15) is 0 Å². The highest BCUT2D eigenvalue weighted by molar-refractivity contribution is 7.80. The number of rotatable bonds is 1. The quantitative estimate of drug-likeness (QED) is 0.380. The number of piperidine rings is 1. The first-order valence-electron chi connectivity index (χ1n) is 12.1. The Labute approximate surface area is 213 Å². The van der Waals surface area contributed by atoms with Crippen LogP contribution in [0.15, 0.2) is 36.4 Å². The van der Waals surface area contributed by atoms with Crippen molar-refractivity contribution < 1.29 is 0 Å². The molecule has 0 aromatic heterocycles. The monoisotopic (exact) mass is 491 g/mol. The van der Waals surface area contributed by atoms with Gasteiger partial charge in [-0.3, -0.25) is 4.90 Å². The van der Waals surface area contributed by atoms with E-state index in [-0.39, 0.29) is 28.2 Å². The minimum atomic E-state index is -0.230. The topological polar surface area (TPSA) is 51.4 Å². The van der Waals surface area contributed by atoms with E-state index < -0.39 is 0 Å². The van der Waals surface area contributed by atoms with Gasteiger partial charge in [0.2, 0.25) is 0 Å². The molecule has 3 unspecified atom stereocenters. The Morgan fingerprint density at radius 3 is 2.15 bits per heavy atom. The molecule has 178 valence electrons. The third kappa shape index (κ3) is 3.16. The van der Waals surface area contributed by atoms with Crippen LogP contribution in [0.5, 0.6) is 0 Å². The fourth-order valence-electron chi connectivity index (χ4n) is 7.09. The Morgan fingerprint density at radius 1 is 0.765 bits per heavy atom. The Balaban J connectivity index is 1.35. The molecule has 0 aliphatic carbocycles. The van der Waals surface area contributed by atoms with Crippen molar-refractivity contribution in [2.75, 3.05) is 15.5 Å². The minimum Gasteiger partial charge on any atom is -0.378 e. The van der Waals surface area contributed by atoms with Gasteiger partial charge in [0.05, 0.1) is 22.3 Å². The molecule has 6 rings (SSSR count). The highest BCUT2D eigenvalue weighted by Gasteiger charge is 2.52. The van der Waals surface area contributed by atoms with Crippen molar-refractivity contribution >= 4 is 51.6 Å². The molecule has 4 N–H and O–H groups in total. The van der Waals surface area contributed by atoms with Crippen molar-refractivity contribution in [1.82, 2.24) is 10.6 Å². The predicted molar refractivity (Wildman–Crippen MR) is 150 cm³/mol. The van der Waals surface area contributed by atoms with E-state index in [0.29, 0.717) is 0 Å². The number of nitrogens with one attached hydrogen (secondary N) is 4. The van der Waals surface area contributed by atoms with Gasteiger partial charge in [0.1, 0.15) is 5.66 Å². The van der Waals surface area contributed by atoms with Crippen LogP contribution in [0.25, 0.3) is 11.1 Å². The van der Waals surface area contributed by atoms with E-state index in [9.17, 15) is 0 Å². The Hall–Kier alpha value is -2.38. The summed E-state index contributed by atoms with van der Waals surface area (Å²) in [6, 6.07) is 13.4. The van der Waals surface area contributed by atoms with E-state index in [4.69, 9.17) is 24.4 Å². The second kappa shape index (κ2) is 6.64. The number of thiocarbonyl (C=S) groups is 2. The van der Waals surface area contributed by atoms with Crippen molar-refractivity contribution in [2.24, 2.45) is 0 Å². The molecule has 4 heterocycles. The van der Waals surface area contributed by atoms with Crippen molar-refractivity contribution in [3.05, 3.63) is 42.0 Å². The number of fused-ring (bicyclic) bond motifs is 6. The number of benzene rings is 2. The first-order valence-corrected chi connectivity index (χ1v) is 12.9. The van der Waals surface area contributed by atoms with E-state index in [2.05, 4.69) is 104 Å². The lowest BCUT2D eigenvalue weighted by atomic mass is 9.72. The van der Waals surface area contributed by atoms with Crippen LogP contribution in [-0.4, -0.2) is 32.4 Å². The van der Waals surface area contributed by atoms with E-state index in [1.165, 1.54) is 22.4 Å². The molecular weight excluding hydrogens is 458 g/mol. The molecule has 0 spiro atoms. The largest absolute Gasteiger partial charge is 0.378 e. The molecule has 0 radical (unpaired) electrons. The molecule has 0 bridgehead atoms. The van der Waals surface area contributed by atoms with Crippen LogP contribution >= 0.6 is 24.4 Å². The fourth-order valence-corrected chi connectivity index (χ4v) is 8.33. The van der Waals surface area contributed by atoms with Gasteiger partial charge in [0.15, 0.2) is 5.11 Å². The minimum absolute atomic E-state index is 0.0158. The van der Waals surface area contributed by atoms with E-state index in [1.807, 2.05) is 0 Å². The molecule has 4 aliphatic rings. The molecular formula is C27H33N5S2. The smallest absolute Gasteiger partial charge is 0.175 e. The zero-order chi connectivity index (χ0) is 24.3. The summed E-state index contributed by atoms with van der Waals surface area (Å²) in [4.78, 5) is 3.18. The molecule has 2 aromatic rings. The Morgan fingerprint density at radius 2 is 1.41 bits per heavy atom. The zero-order valence-electron chi connectivity index (χ0n) is 20.7. The number of hydrogen-bond donors (Lipinski definition) is 4. The summed E-state index contributed by atoms with van der Waals surface area (Å²) in [5, 5.41) is 15.5. The lowest BCUT2D eigenvalue weighted by molar-refractivity contribution is 0.290. The van der Waals surface area contributed by atoms with Gasteiger partial charge in [0, 0.05) is 28.7 Å². The highest BCUT2D eigenvalue weighted by Crippen LogP contribution is 2.51. The summed E-state index contributed by atoms with van der Waals surface area (Å²) < 4.78 is 0. The first-order chi connectivity index (χ1) is 15.8. The summed E-state index contributed by atoms with van der Waals surface area (Å²) in [7, 11) is 0. The summed E-state index contributed by atoms with van der Waals surface area (Å²) in [5.41, 5.74) is 6.77. The van der Waals surface area contributed by atoms with Crippen molar-refractivity contribution in [2.45, 2.75) is 82.6 Å². The molecule has 3 atom stereocenters. The van der Waals surface area contributed by atoms with Crippen molar-refractivity contribution in [1.29, 1.82) is 0 Å². The third-order valence-corrected chi connectivity index (χ3v) is 8.48. The molecule has 2 fully saturated rings. The predicted octanol–water partition coefficient (Wildman–Crippen LogP) is 5.73. The molecule has 4 aliphatic heterocycles. The van der Waals surface area contributed by atoms with Gasteiger partial charge in [0.25, 0.3) is 0 Å². The lowest BCUT2D eigenvalue weighted by Crippen LogP contribution is -2.67. The maximum Gasteiger partial charge on any atom is 0.175 e. The van der Waals surface area contributed by atoms with Crippen LogP contribution < -0.4 is 26.2 Å². The second-order valence-electron chi connectivity index (χ2n) is 12.3. The summed E-state index contributed by atoms with van der Waals surface area (Å²) in [6.07, 6.45) is 1.95. The Kier molecular flexibility index (Phi) is 4.32. The number of anilines is 3. The van der Waals surface area contributed by atoms with Gasteiger partial charge < -0.3 is 21.3 Å². The third-order valence-electron chi connectivity index (χ3n) is 7.86. The fraction of sp³-hybridized carbons (Fsp3) is 0.481. The SMILES string of the molecule is CC1(C)CC2(C)Nc3cc(-c4ccc5c(c4)NC4(C)CC(C)(C)NC(=S)N54)ccc3C2C(=S)N1. The molecule has 2 saturated heterocycles. The summed E-state index contributed by atoms with van der Waals surface area (Å²) >= 11 is 11.6. The first kappa shape index (κ1) is 22.1. The zero-order valence-corrected chi connectivity index (χ0v) is 22.4. The van der Waals surface area contributed by atoms with Crippen LogP contribution in [0, 0.1) is 0 Å². The van der Waals surface area contributed by atoms with Gasteiger partial charge >= 0.3 is 0 Å². The highest BCUT2D eigenvalue weighted by atomic mass is 32.1. The standard InChI is InChI=1S/C27H33N5S2/c1-24(2)13-26(5)21(22(33)30-24)17-9-7-15(11-18(17)28-26)16-8-10-20-19(12-16)29-27(6)14-25(3,4)31-23(34)32(20)27/h7-12,21,28-29H,13-14H2,1-6H3,(H,30,33)(H,31,34). The van der Waals surface area contributed by atoms with Crippen molar-refractivity contribution in [3.63, 3.8) is 0 Å². The average Bonchev–Trinajstić information content (AvgIpc) is 3.13. The molecule has 2 aromatic carbocycles. The van der Waals surface area contributed by atoms with Gasteiger partial charge in [-0.25, -0.2) is 0 Å². The lowest BCUT2D eigenvalue weighted by Gasteiger charge is -2.48. The van der Waals surface area contributed by atoms with Crippen LogP contribution in [0.3, 0.4) is 0 Å².